The quantitative estimate of drug-likeness (QED) is 0.235. The van der Waals surface area contributed by atoms with Crippen molar-refractivity contribution in [3.05, 3.63) is 97.1 Å². The summed E-state index contributed by atoms with van der Waals surface area (Å²) in [4.78, 5) is 4.85. The van der Waals surface area contributed by atoms with Gasteiger partial charge in [0, 0.05) is 23.8 Å². The summed E-state index contributed by atoms with van der Waals surface area (Å²) < 4.78 is 2.20. The van der Waals surface area contributed by atoms with Crippen molar-refractivity contribution < 1.29 is 0 Å². The summed E-state index contributed by atoms with van der Waals surface area (Å²) in [6.45, 7) is 0. The molecule has 0 N–H and O–H groups in total. The molecule has 3 aromatic carbocycles. The molecule has 0 radical (unpaired) electrons. The van der Waals surface area contributed by atoms with Gasteiger partial charge in [-0.25, -0.2) is 4.98 Å². The molecular weight excluding hydrogens is 596 g/mol. The Bertz CT molecular complexity index is 1220. The maximum atomic E-state index is 10.1. The van der Waals surface area contributed by atoms with Crippen LogP contribution >= 0.6 is 45.2 Å². The van der Waals surface area contributed by atoms with Gasteiger partial charge in [-0.15, -0.1) is 0 Å². The molecule has 0 spiro atoms. The van der Waals surface area contributed by atoms with E-state index >= 15 is 0 Å². The standard InChI is InChI=1S/C25H13I2N3/c26-19-10-6-17(7-11-19)24-21(14-28)23(16-4-2-1-3-5-16)22(15-29)25(30-24)18-8-12-20(27)13-9-18/h1-13H. The molecule has 5 heteroatoms. The van der Waals surface area contributed by atoms with Gasteiger partial charge in [0.05, 0.1) is 22.5 Å². The van der Waals surface area contributed by atoms with E-state index in [0.717, 1.165) is 23.8 Å². The zero-order valence-electron chi connectivity index (χ0n) is 15.6. The Morgan fingerprint density at radius 2 is 1.00 bits per heavy atom. The smallest absolute Gasteiger partial charge is 0.102 e. The number of pyridine rings is 1. The molecule has 0 aliphatic rings. The van der Waals surface area contributed by atoms with Crippen molar-refractivity contribution in [3.63, 3.8) is 0 Å². The van der Waals surface area contributed by atoms with E-state index in [0.29, 0.717) is 28.1 Å². The van der Waals surface area contributed by atoms with Crippen LogP contribution in [0.2, 0.25) is 0 Å². The van der Waals surface area contributed by atoms with E-state index in [-0.39, 0.29) is 0 Å². The molecule has 1 aromatic heterocycles. The topological polar surface area (TPSA) is 60.5 Å². The molecular formula is C25H13I2N3. The number of hydrogen-bond donors (Lipinski definition) is 0. The molecule has 3 nitrogen and oxygen atoms in total. The van der Waals surface area contributed by atoms with Crippen molar-refractivity contribution in [2.24, 2.45) is 0 Å². The van der Waals surface area contributed by atoms with Gasteiger partial charge in [0.25, 0.3) is 0 Å². The Kier molecular flexibility index (Phi) is 6.12. The van der Waals surface area contributed by atoms with Crippen molar-refractivity contribution in [2.45, 2.75) is 0 Å². The third-order valence-corrected chi connectivity index (χ3v) is 6.16. The second kappa shape index (κ2) is 8.95. The molecule has 0 bridgehead atoms. The Balaban J connectivity index is 2.12. The molecule has 0 aliphatic carbocycles. The number of aromatic nitrogens is 1. The van der Waals surface area contributed by atoms with Gasteiger partial charge in [-0.05, 0) is 75.0 Å². The van der Waals surface area contributed by atoms with Crippen molar-refractivity contribution in [1.82, 2.24) is 4.98 Å². The van der Waals surface area contributed by atoms with E-state index in [4.69, 9.17) is 4.98 Å². The van der Waals surface area contributed by atoms with E-state index in [1.807, 2.05) is 78.9 Å². The summed E-state index contributed by atoms with van der Waals surface area (Å²) in [5.74, 6) is 0. The first-order chi connectivity index (χ1) is 14.6. The maximum Gasteiger partial charge on any atom is 0.102 e. The molecule has 1 heterocycles. The van der Waals surface area contributed by atoms with Crippen LogP contribution in [0.5, 0.6) is 0 Å². The van der Waals surface area contributed by atoms with E-state index in [2.05, 4.69) is 57.3 Å². The van der Waals surface area contributed by atoms with Crippen molar-refractivity contribution in [3.8, 4) is 45.8 Å². The van der Waals surface area contributed by atoms with Crippen LogP contribution in [0.4, 0.5) is 0 Å². The van der Waals surface area contributed by atoms with Crippen molar-refractivity contribution in [1.29, 1.82) is 10.5 Å². The second-order valence-corrected chi connectivity index (χ2v) is 9.03. The fourth-order valence-corrected chi connectivity index (χ4v) is 4.05. The lowest BCUT2D eigenvalue weighted by atomic mass is 9.90. The van der Waals surface area contributed by atoms with E-state index in [9.17, 15) is 10.5 Å². The normalized spacial score (nSPS) is 10.3. The lowest BCUT2D eigenvalue weighted by molar-refractivity contribution is 1.28. The van der Waals surface area contributed by atoms with Crippen molar-refractivity contribution >= 4 is 45.2 Å². The molecule has 0 saturated carbocycles. The van der Waals surface area contributed by atoms with Gasteiger partial charge in [0.1, 0.15) is 12.1 Å². The monoisotopic (exact) mass is 609 g/mol. The van der Waals surface area contributed by atoms with Crippen LogP contribution < -0.4 is 0 Å². The van der Waals surface area contributed by atoms with Gasteiger partial charge in [-0.3, -0.25) is 0 Å². The predicted molar refractivity (Wildman–Crippen MR) is 135 cm³/mol. The highest BCUT2D eigenvalue weighted by Crippen LogP contribution is 2.38. The van der Waals surface area contributed by atoms with Gasteiger partial charge in [-0.1, -0.05) is 54.6 Å². The lowest BCUT2D eigenvalue weighted by Crippen LogP contribution is -2.02. The van der Waals surface area contributed by atoms with Crippen LogP contribution in [0.3, 0.4) is 0 Å². The van der Waals surface area contributed by atoms with Crippen LogP contribution in [0, 0.1) is 29.8 Å². The average Bonchev–Trinajstić information content (AvgIpc) is 2.79. The first kappa shape index (κ1) is 20.5. The number of nitriles is 2. The number of rotatable bonds is 3. The molecule has 0 atom stereocenters. The Hall–Kier alpha value is -2.75. The minimum atomic E-state index is 0.410. The highest BCUT2D eigenvalue weighted by Gasteiger charge is 2.23. The zero-order chi connectivity index (χ0) is 21.1. The summed E-state index contributed by atoms with van der Waals surface area (Å²) >= 11 is 4.50. The maximum absolute atomic E-state index is 10.1. The molecule has 0 saturated heterocycles. The Morgan fingerprint density at radius 1 is 0.567 bits per heavy atom. The summed E-state index contributed by atoms with van der Waals surface area (Å²) in [5.41, 5.74) is 5.13. The van der Waals surface area contributed by atoms with Gasteiger partial charge < -0.3 is 0 Å². The minimum Gasteiger partial charge on any atom is -0.245 e. The molecule has 142 valence electrons. The molecule has 0 unspecified atom stereocenters. The predicted octanol–water partition coefficient (Wildman–Crippen LogP) is 7.04. The van der Waals surface area contributed by atoms with E-state index < -0.39 is 0 Å². The summed E-state index contributed by atoms with van der Waals surface area (Å²) in [6.07, 6.45) is 0. The fourth-order valence-electron chi connectivity index (χ4n) is 3.33. The zero-order valence-corrected chi connectivity index (χ0v) is 19.9. The first-order valence-electron chi connectivity index (χ1n) is 9.08. The first-order valence-corrected chi connectivity index (χ1v) is 11.2. The summed E-state index contributed by atoms with van der Waals surface area (Å²) in [7, 11) is 0. The third-order valence-electron chi connectivity index (χ3n) is 4.72. The third kappa shape index (κ3) is 3.96. The largest absolute Gasteiger partial charge is 0.245 e. The van der Waals surface area contributed by atoms with Crippen molar-refractivity contribution in [2.75, 3.05) is 0 Å². The SMILES string of the molecule is N#Cc1c(-c2ccc(I)cc2)nc(-c2ccc(I)cc2)c(C#N)c1-c1ccccc1. The van der Waals surface area contributed by atoms with Crippen LogP contribution in [0.25, 0.3) is 33.6 Å². The Labute approximate surface area is 202 Å². The van der Waals surface area contributed by atoms with Crippen LogP contribution in [0.1, 0.15) is 11.1 Å². The fraction of sp³-hybridized carbons (Fsp3) is 0. The van der Waals surface area contributed by atoms with Crippen LogP contribution in [0.15, 0.2) is 78.9 Å². The average molecular weight is 609 g/mol. The number of halogens is 2. The van der Waals surface area contributed by atoms with Gasteiger partial charge in [0.2, 0.25) is 0 Å². The number of benzene rings is 3. The number of nitrogens with zero attached hydrogens (tertiary/aromatic N) is 3. The van der Waals surface area contributed by atoms with Gasteiger partial charge >= 0.3 is 0 Å². The summed E-state index contributed by atoms with van der Waals surface area (Å²) in [6, 6.07) is 30.0. The van der Waals surface area contributed by atoms with Gasteiger partial charge in [0.15, 0.2) is 0 Å². The van der Waals surface area contributed by atoms with E-state index in [1.165, 1.54) is 0 Å². The molecule has 0 amide bonds. The van der Waals surface area contributed by atoms with Gasteiger partial charge in [-0.2, -0.15) is 10.5 Å². The van der Waals surface area contributed by atoms with Crippen LogP contribution in [-0.2, 0) is 0 Å². The van der Waals surface area contributed by atoms with E-state index in [1.54, 1.807) is 0 Å². The molecule has 30 heavy (non-hydrogen) atoms. The molecule has 4 aromatic rings. The minimum absolute atomic E-state index is 0.410. The summed E-state index contributed by atoms with van der Waals surface area (Å²) in [5, 5.41) is 20.2. The lowest BCUT2D eigenvalue weighted by Gasteiger charge is -2.16. The number of hydrogen-bond acceptors (Lipinski definition) is 3. The highest BCUT2D eigenvalue weighted by atomic mass is 127. The highest BCUT2D eigenvalue weighted by molar-refractivity contribution is 14.1. The Morgan fingerprint density at radius 3 is 1.40 bits per heavy atom. The van der Waals surface area contributed by atoms with Crippen LogP contribution in [-0.4, -0.2) is 4.98 Å². The second-order valence-electron chi connectivity index (χ2n) is 6.54. The molecule has 0 aliphatic heterocycles. The molecule has 0 fully saturated rings. The molecule has 4 rings (SSSR count).